The van der Waals surface area contributed by atoms with Gasteiger partial charge >= 0.3 is 0 Å². The summed E-state index contributed by atoms with van der Waals surface area (Å²) in [5.74, 6) is 0. The molecule has 1 saturated heterocycles. The maximum atomic E-state index is 6.41. The standard InChI is InChI=1S/C17H22ClN7/c1-22-16-4-2-3-14(18)17(16)15(21-22)11-24-7-5-23(6-8-24)9-10-25-13-19-12-20-25/h2-4,12-13H,5-11H2,1H3. The fraction of sp³-hybridized carbons (Fsp3) is 0.471. The van der Waals surface area contributed by atoms with Crippen molar-refractivity contribution in [2.45, 2.75) is 13.1 Å². The van der Waals surface area contributed by atoms with E-state index in [1.807, 2.05) is 28.5 Å². The van der Waals surface area contributed by atoms with E-state index in [4.69, 9.17) is 16.7 Å². The molecule has 0 radical (unpaired) electrons. The third-order valence-corrected chi connectivity index (χ3v) is 5.16. The second-order valence-electron chi connectivity index (χ2n) is 6.48. The van der Waals surface area contributed by atoms with Gasteiger partial charge in [0.15, 0.2) is 0 Å². The molecule has 0 unspecified atom stereocenters. The van der Waals surface area contributed by atoms with Crippen LogP contribution in [0.25, 0.3) is 10.9 Å². The molecule has 0 amide bonds. The number of aryl methyl sites for hydroxylation is 1. The van der Waals surface area contributed by atoms with Crippen molar-refractivity contribution >= 4 is 22.5 Å². The normalized spacial score (nSPS) is 16.7. The average molecular weight is 360 g/mol. The van der Waals surface area contributed by atoms with Gasteiger partial charge in [0.1, 0.15) is 12.7 Å². The van der Waals surface area contributed by atoms with Crippen LogP contribution in [0.2, 0.25) is 5.02 Å². The van der Waals surface area contributed by atoms with E-state index in [1.165, 1.54) is 0 Å². The van der Waals surface area contributed by atoms with E-state index >= 15 is 0 Å². The van der Waals surface area contributed by atoms with E-state index in [2.05, 4.69) is 25.9 Å². The Hall–Kier alpha value is -1.96. The van der Waals surface area contributed by atoms with Gasteiger partial charge in [0.05, 0.1) is 22.8 Å². The van der Waals surface area contributed by atoms with Crippen molar-refractivity contribution in [1.29, 1.82) is 0 Å². The number of aromatic nitrogens is 5. The van der Waals surface area contributed by atoms with E-state index in [1.54, 1.807) is 12.7 Å². The third-order valence-electron chi connectivity index (χ3n) is 4.85. The number of fused-ring (bicyclic) bond motifs is 1. The molecular formula is C17H22ClN7. The summed E-state index contributed by atoms with van der Waals surface area (Å²) in [6.07, 6.45) is 3.35. The fourth-order valence-electron chi connectivity index (χ4n) is 3.44. The molecule has 7 nitrogen and oxygen atoms in total. The Balaban J connectivity index is 1.36. The summed E-state index contributed by atoms with van der Waals surface area (Å²) in [5, 5.41) is 10.7. The second kappa shape index (κ2) is 7.11. The van der Waals surface area contributed by atoms with Crippen LogP contribution in [0.3, 0.4) is 0 Å². The van der Waals surface area contributed by atoms with Gasteiger partial charge in [0.25, 0.3) is 0 Å². The lowest BCUT2D eigenvalue weighted by Gasteiger charge is -2.34. The first kappa shape index (κ1) is 16.5. The average Bonchev–Trinajstić information content (AvgIpc) is 3.24. The van der Waals surface area contributed by atoms with Gasteiger partial charge in [0.2, 0.25) is 0 Å². The van der Waals surface area contributed by atoms with E-state index in [0.717, 1.165) is 67.4 Å². The van der Waals surface area contributed by atoms with Gasteiger partial charge in [0, 0.05) is 51.7 Å². The van der Waals surface area contributed by atoms with Crippen molar-refractivity contribution in [1.82, 2.24) is 34.3 Å². The zero-order valence-electron chi connectivity index (χ0n) is 14.3. The van der Waals surface area contributed by atoms with Gasteiger partial charge in [-0.15, -0.1) is 0 Å². The van der Waals surface area contributed by atoms with Gasteiger partial charge < -0.3 is 0 Å². The van der Waals surface area contributed by atoms with Crippen LogP contribution in [-0.4, -0.2) is 67.1 Å². The molecule has 0 aliphatic carbocycles. The predicted molar refractivity (Wildman–Crippen MR) is 97.5 cm³/mol. The van der Waals surface area contributed by atoms with Crippen LogP contribution in [0.15, 0.2) is 30.9 Å². The van der Waals surface area contributed by atoms with E-state index in [0.29, 0.717) is 0 Å². The highest BCUT2D eigenvalue weighted by atomic mass is 35.5. The molecule has 1 fully saturated rings. The molecule has 2 aromatic heterocycles. The maximum absolute atomic E-state index is 6.41. The number of rotatable bonds is 5. The van der Waals surface area contributed by atoms with Crippen molar-refractivity contribution < 1.29 is 0 Å². The third kappa shape index (κ3) is 3.53. The Labute approximate surface area is 151 Å². The van der Waals surface area contributed by atoms with Crippen LogP contribution in [0, 0.1) is 0 Å². The SMILES string of the molecule is Cn1nc(CN2CCN(CCn3cncn3)CC2)c2c(Cl)cccc21. The Morgan fingerprint density at radius 1 is 1.08 bits per heavy atom. The Kier molecular flexibility index (Phi) is 4.70. The van der Waals surface area contributed by atoms with Gasteiger partial charge in [-0.3, -0.25) is 19.2 Å². The summed E-state index contributed by atoms with van der Waals surface area (Å²) in [6, 6.07) is 5.99. The summed E-state index contributed by atoms with van der Waals surface area (Å²) in [4.78, 5) is 8.91. The number of halogens is 1. The zero-order chi connectivity index (χ0) is 17.2. The second-order valence-corrected chi connectivity index (χ2v) is 6.89. The molecule has 0 bridgehead atoms. The molecule has 25 heavy (non-hydrogen) atoms. The quantitative estimate of drug-likeness (QED) is 0.693. The van der Waals surface area contributed by atoms with E-state index in [-0.39, 0.29) is 0 Å². The lowest BCUT2D eigenvalue weighted by molar-refractivity contribution is 0.122. The van der Waals surface area contributed by atoms with Crippen molar-refractivity contribution in [3.8, 4) is 0 Å². The number of piperazine rings is 1. The van der Waals surface area contributed by atoms with Crippen LogP contribution >= 0.6 is 11.6 Å². The highest BCUT2D eigenvalue weighted by Gasteiger charge is 2.20. The minimum absolute atomic E-state index is 0.784. The molecule has 1 aliphatic rings. The number of nitrogens with zero attached hydrogens (tertiary/aromatic N) is 7. The van der Waals surface area contributed by atoms with Crippen molar-refractivity contribution in [3.05, 3.63) is 41.6 Å². The number of hydrogen-bond donors (Lipinski definition) is 0. The molecule has 0 N–H and O–H groups in total. The minimum atomic E-state index is 0.784. The summed E-state index contributed by atoms with van der Waals surface area (Å²) in [5.41, 5.74) is 2.16. The summed E-state index contributed by atoms with van der Waals surface area (Å²) in [7, 11) is 1.98. The van der Waals surface area contributed by atoms with Gasteiger partial charge in [-0.1, -0.05) is 17.7 Å². The van der Waals surface area contributed by atoms with Crippen LogP contribution in [0.1, 0.15) is 5.69 Å². The van der Waals surface area contributed by atoms with Crippen molar-refractivity contribution in [2.24, 2.45) is 7.05 Å². The molecule has 4 rings (SSSR count). The molecule has 3 aromatic rings. The van der Waals surface area contributed by atoms with Crippen molar-refractivity contribution in [3.63, 3.8) is 0 Å². The van der Waals surface area contributed by atoms with Crippen LogP contribution < -0.4 is 0 Å². The predicted octanol–water partition coefficient (Wildman–Crippen LogP) is 1.64. The van der Waals surface area contributed by atoms with E-state index < -0.39 is 0 Å². The highest BCUT2D eigenvalue weighted by Crippen LogP contribution is 2.27. The summed E-state index contributed by atoms with van der Waals surface area (Å²) < 4.78 is 3.80. The first-order valence-corrected chi connectivity index (χ1v) is 8.96. The van der Waals surface area contributed by atoms with E-state index in [9.17, 15) is 0 Å². The molecule has 0 spiro atoms. The topological polar surface area (TPSA) is 55.0 Å². The molecule has 1 aliphatic heterocycles. The van der Waals surface area contributed by atoms with Gasteiger partial charge in [-0.2, -0.15) is 10.2 Å². The lowest BCUT2D eigenvalue weighted by Crippen LogP contribution is -2.46. The van der Waals surface area contributed by atoms with Crippen LogP contribution in [0.4, 0.5) is 0 Å². The lowest BCUT2D eigenvalue weighted by atomic mass is 10.2. The first-order chi connectivity index (χ1) is 12.2. The van der Waals surface area contributed by atoms with Crippen molar-refractivity contribution in [2.75, 3.05) is 32.7 Å². The summed E-state index contributed by atoms with van der Waals surface area (Å²) in [6.45, 7) is 6.95. The minimum Gasteiger partial charge on any atom is -0.299 e. The maximum Gasteiger partial charge on any atom is 0.137 e. The molecule has 0 atom stereocenters. The van der Waals surface area contributed by atoms with Crippen LogP contribution in [-0.2, 0) is 20.1 Å². The molecule has 3 heterocycles. The first-order valence-electron chi connectivity index (χ1n) is 8.58. The van der Waals surface area contributed by atoms with Crippen LogP contribution in [0.5, 0.6) is 0 Å². The largest absolute Gasteiger partial charge is 0.299 e. The molecule has 1 aromatic carbocycles. The number of benzene rings is 1. The molecule has 0 saturated carbocycles. The molecule has 8 heteroatoms. The smallest absolute Gasteiger partial charge is 0.137 e. The summed E-state index contributed by atoms with van der Waals surface area (Å²) >= 11 is 6.41. The fourth-order valence-corrected chi connectivity index (χ4v) is 3.72. The molecule has 132 valence electrons. The number of hydrogen-bond acceptors (Lipinski definition) is 5. The monoisotopic (exact) mass is 359 g/mol. The zero-order valence-corrected chi connectivity index (χ0v) is 15.1. The highest BCUT2D eigenvalue weighted by molar-refractivity contribution is 6.35. The Morgan fingerprint density at radius 3 is 2.64 bits per heavy atom. The Morgan fingerprint density at radius 2 is 1.88 bits per heavy atom. The van der Waals surface area contributed by atoms with Gasteiger partial charge in [-0.25, -0.2) is 4.98 Å². The molecular weight excluding hydrogens is 338 g/mol. The van der Waals surface area contributed by atoms with Gasteiger partial charge in [-0.05, 0) is 12.1 Å². The Bertz CT molecular complexity index is 834.